The fourth-order valence-corrected chi connectivity index (χ4v) is 3.91. The van der Waals surface area contributed by atoms with Crippen LogP contribution >= 0.6 is 0 Å². The van der Waals surface area contributed by atoms with E-state index in [0.717, 1.165) is 11.1 Å². The zero-order valence-corrected chi connectivity index (χ0v) is 22.1. The topological polar surface area (TPSA) is 194 Å². The van der Waals surface area contributed by atoms with Crippen molar-refractivity contribution in [2.45, 2.75) is 63.7 Å². The van der Waals surface area contributed by atoms with Crippen LogP contribution in [0.4, 0.5) is 0 Å². The van der Waals surface area contributed by atoms with Gasteiger partial charge in [-0.1, -0.05) is 80.9 Å². The number of hydrogen-bond donors (Lipinski definition) is 6. The fraction of sp³-hybridized carbons (Fsp3) is 0.393. The van der Waals surface area contributed by atoms with E-state index < -0.39 is 60.2 Å². The highest BCUT2D eigenvalue weighted by Gasteiger charge is 2.33. The second kappa shape index (κ2) is 15.2. The summed E-state index contributed by atoms with van der Waals surface area (Å²) in [4.78, 5) is 62.4. The average molecular weight is 540 g/mol. The Bertz CT molecular complexity index is 1130. The zero-order chi connectivity index (χ0) is 28.9. The van der Waals surface area contributed by atoms with Gasteiger partial charge in [-0.15, -0.1) is 0 Å². The lowest BCUT2D eigenvalue weighted by Crippen LogP contribution is -2.59. The number of carboxylic acid groups (broad SMARTS) is 1. The van der Waals surface area contributed by atoms with Crippen LogP contribution < -0.4 is 27.4 Å². The summed E-state index contributed by atoms with van der Waals surface area (Å²) in [5.41, 5.74) is 12.3. The third kappa shape index (κ3) is 10.2. The Morgan fingerprint density at radius 2 is 1.26 bits per heavy atom. The summed E-state index contributed by atoms with van der Waals surface area (Å²) in [7, 11) is 0. The molecule has 0 fully saturated rings. The molecule has 0 aliphatic heterocycles. The summed E-state index contributed by atoms with van der Waals surface area (Å²) in [5, 5.41) is 17.5. The van der Waals surface area contributed by atoms with Gasteiger partial charge in [-0.3, -0.25) is 19.2 Å². The molecule has 2 aromatic rings. The first-order chi connectivity index (χ1) is 18.5. The molecule has 5 unspecified atom stereocenters. The normalized spacial score (nSPS) is 14.6. The molecule has 4 amide bonds. The summed E-state index contributed by atoms with van der Waals surface area (Å²) in [6, 6.07) is 13.1. The lowest BCUT2D eigenvalue weighted by Gasteiger charge is -2.28. The molecule has 0 aliphatic carbocycles. The summed E-state index contributed by atoms with van der Waals surface area (Å²) in [6.07, 6.45) is 0.254. The molecule has 0 saturated carbocycles. The van der Waals surface area contributed by atoms with Gasteiger partial charge in [0.1, 0.15) is 18.1 Å². The minimum absolute atomic E-state index is 0.0528. The molecular formula is C28H37N5O6. The lowest BCUT2D eigenvalue weighted by atomic mass is 9.96. The van der Waals surface area contributed by atoms with Crippen molar-refractivity contribution in [3.05, 3.63) is 71.8 Å². The number of primary amides is 1. The summed E-state index contributed by atoms with van der Waals surface area (Å²) < 4.78 is 0. The molecule has 2 rings (SSSR count). The van der Waals surface area contributed by atoms with Crippen LogP contribution in [0.5, 0.6) is 0 Å². The smallest absolute Gasteiger partial charge is 0.326 e. The van der Waals surface area contributed by atoms with Gasteiger partial charge in [0.2, 0.25) is 23.6 Å². The molecule has 11 nitrogen and oxygen atoms in total. The van der Waals surface area contributed by atoms with Crippen LogP contribution in [-0.4, -0.2) is 58.9 Å². The number of carbonyl (C=O) groups is 5. The Morgan fingerprint density at radius 3 is 1.72 bits per heavy atom. The molecule has 8 N–H and O–H groups in total. The van der Waals surface area contributed by atoms with E-state index in [4.69, 9.17) is 11.5 Å². The highest BCUT2D eigenvalue weighted by Crippen LogP contribution is 2.11. The van der Waals surface area contributed by atoms with Crippen molar-refractivity contribution in [2.24, 2.45) is 17.4 Å². The first-order valence-electron chi connectivity index (χ1n) is 12.8. The predicted molar refractivity (Wildman–Crippen MR) is 145 cm³/mol. The second-order valence-corrected chi connectivity index (χ2v) is 9.49. The zero-order valence-electron chi connectivity index (χ0n) is 22.1. The first-order valence-corrected chi connectivity index (χ1v) is 12.8. The van der Waals surface area contributed by atoms with Gasteiger partial charge in [-0.05, 0) is 17.0 Å². The Labute approximate surface area is 227 Å². The first kappa shape index (κ1) is 31.0. The Hall–Kier alpha value is -4.25. The highest BCUT2D eigenvalue weighted by atomic mass is 16.4. The van der Waals surface area contributed by atoms with Crippen LogP contribution in [0.25, 0.3) is 0 Å². The molecule has 210 valence electrons. The number of rotatable bonds is 15. The molecule has 0 bridgehead atoms. The van der Waals surface area contributed by atoms with Crippen molar-refractivity contribution in [3.63, 3.8) is 0 Å². The maximum absolute atomic E-state index is 13.4. The quantitative estimate of drug-likeness (QED) is 0.187. The maximum Gasteiger partial charge on any atom is 0.326 e. The van der Waals surface area contributed by atoms with Crippen molar-refractivity contribution in [2.75, 3.05) is 0 Å². The number of hydrogen-bond acceptors (Lipinski definition) is 6. The van der Waals surface area contributed by atoms with Gasteiger partial charge in [0.25, 0.3) is 0 Å². The largest absolute Gasteiger partial charge is 0.480 e. The standard InChI is InChI=1S/C28H37N5O6/c1-3-17(2)24(33-25(35)20(29)16-23(30)34)27(37)31-21(14-18-10-6-4-7-11-18)26(36)32-22(28(38)39)15-19-12-8-5-9-13-19/h4-13,17,20-22,24H,3,14-16,29H2,1-2H3,(H2,30,34)(H,31,37)(H,32,36)(H,33,35)(H,38,39). The van der Waals surface area contributed by atoms with Crippen LogP contribution in [0.15, 0.2) is 60.7 Å². The van der Waals surface area contributed by atoms with E-state index in [9.17, 15) is 29.1 Å². The number of nitrogens with two attached hydrogens (primary N) is 2. The van der Waals surface area contributed by atoms with Crippen LogP contribution in [-0.2, 0) is 36.8 Å². The second-order valence-electron chi connectivity index (χ2n) is 9.49. The summed E-state index contributed by atoms with van der Waals surface area (Å²) >= 11 is 0. The number of carboxylic acids is 1. The van der Waals surface area contributed by atoms with Gasteiger partial charge in [-0.25, -0.2) is 4.79 Å². The van der Waals surface area contributed by atoms with Gasteiger partial charge in [0.05, 0.1) is 12.5 Å². The molecular weight excluding hydrogens is 502 g/mol. The van der Waals surface area contributed by atoms with Crippen molar-refractivity contribution in [1.29, 1.82) is 0 Å². The van der Waals surface area contributed by atoms with Gasteiger partial charge in [0.15, 0.2) is 0 Å². The van der Waals surface area contributed by atoms with Gasteiger partial charge >= 0.3 is 5.97 Å². The van der Waals surface area contributed by atoms with Crippen molar-refractivity contribution in [1.82, 2.24) is 16.0 Å². The van der Waals surface area contributed by atoms with E-state index in [2.05, 4.69) is 16.0 Å². The fourth-order valence-electron chi connectivity index (χ4n) is 3.91. The minimum Gasteiger partial charge on any atom is -0.480 e. The highest BCUT2D eigenvalue weighted by molar-refractivity contribution is 5.95. The molecule has 0 spiro atoms. The Balaban J connectivity index is 2.26. The van der Waals surface area contributed by atoms with Crippen molar-refractivity contribution >= 4 is 29.6 Å². The van der Waals surface area contributed by atoms with Crippen LogP contribution in [0.2, 0.25) is 0 Å². The van der Waals surface area contributed by atoms with E-state index in [0.29, 0.717) is 6.42 Å². The molecule has 0 radical (unpaired) electrons. The molecule has 5 atom stereocenters. The SMILES string of the molecule is CCC(C)C(NC(=O)C(N)CC(N)=O)C(=O)NC(Cc1ccccc1)C(=O)NC(Cc1ccccc1)C(=O)O. The van der Waals surface area contributed by atoms with Crippen LogP contribution in [0.1, 0.15) is 37.8 Å². The molecule has 0 aromatic heterocycles. The number of nitrogens with one attached hydrogen (secondary N) is 3. The number of amides is 4. The Morgan fingerprint density at radius 1 is 0.769 bits per heavy atom. The summed E-state index contributed by atoms with van der Waals surface area (Å²) in [5.74, 6) is -4.38. The summed E-state index contributed by atoms with van der Waals surface area (Å²) in [6.45, 7) is 3.58. The van der Waals surface area contributed by atoms with E-state index >= 15 is 0 Å². The minimum atomic E-state index is -1.24. The number of aliphatic carboxylic acids is 1. The molecule has 39 heavy (non-hydrogen) atoms. The lowest BCUT2D eigenvalue weighted by molar-refractivity contribution is -0.142. The van der Waals surface area contributed by atoms with E-state index in [-0.39, 0.29) is 18.8 Å². The van der Waals surface area contributed by atoms with Crippen LogP contribution in [0.3, 0.4) is 0 Å². The molecule has 0 saturated heterocycles. The van der Waals surface area contributed by atoms with Crippen molar-refractivity contribution in [3.8, 4) is 0 Å². The van der Waals surface area contributed by atoms with Crippen molar-refractivity contribution < 1.29 is 29.1 Å². The monoisotopic (exact) mass is 539 g/mol. The number of benzene rings is 2. The third-order valence-corrected chi connectivity index (χ3v) is 6.36. The maximum atomic E-state index is 13.4. The van der Waals surface area contributed by atoms with Gasteiger partial charge in [0, 0.05) is 12.8 Å². The predicted octanol–water partition coefficient (Wildman–Crippen LogP) is 0.260. The van der Waals surface area contributed by atoms with Crippen LogP contribution in [0, 0.1) is 5.92 Å². The molecule has 11 heteroatoms. The molecule has 0 aliphatic rings. The van der Waals surface area contributed by atoms with Gasteiger partial charge < -0.3 is 32.5 Å². The molecule has 0 heterocycles. The number of carbonyl (C=O) groups excluding carboxylic acids is 4. The molecule has 2 aromatic carbocycles. The third-order valence-electron chi connectivity index (χ3n) is 6.36. The van der Waals surface area contributed by atoms with E-state index in [1.165, 1.54) is 0 Å². The average Bonchev–Trinajstić information content (AvgIpc) is 2.90. The van der Waals surface area contributed by atoms with Gasteiger partial charge in [-0.2, -0.15) is 0 Å². The Kier molecular flexibility index (Phi) is 12.1. The van der Waals surface area contributed by atoms with E-state index in [1.807, 2.05) is 6.92 Å². The van der Waals surface area contributed by atoms with E-state index in [1.54, 1.807) is 67.6 Å².